The number of methoxy groups -OCH3 is 2. The third-order valence-electron chi connectivity index (χ3n) is 6.94. The van der Waals surface area contributed by atoms with Crippen molar-refractivity contribution in [1.82, 2.24) is 0 Å². The first-order valence-corrected chi connectivity index (χ1v) is 13.4. The molecule has 1 N–H and O–H groups in total. The van der Waals surface area contributed by atoms with Crippen molar-refractivity contribution in [2.24, 2.45) is 0 Å². The maximum Gasteiger partial charge on any atom is 0.209 e. The zero-order valence-corrected chi connectivity index (χ0v) is 21.8. The van der Waals surface area contributed by atoms with Crippen molar-refractivity contribution in [2.75, 3.05) is 24.4 Å². The Balaban J connectivity index is 1.46. The molecule has 2 heterocycles. The van der Waals surface area contributed by atoms with E-state index in [1.54, 1.807) is 14.2 Å². The second-order valence-electron chi connectivity index (χ2n) is 10.1. The highest BCUT2D eigenvalue weighted by molar-refractivity contribution is 7.81. The lowest BCUT2D eigenvalue weighted by molar-refractivity contribution is 0.414. The van der Waals surface area contributed by atoms with Crippen LogP contribution in [0.15, 0.2) is 60.7 Å². The molecule has 1 aliphatic carbocycles. The molecule has 1 atom stereocenters. The molecule has 6 nitrogen and oxygen atoms in total. The van der Waals surface area contributed by atoms with Crippen LogP contribution in [-0.2, 0) is 17.6 Å². The van der Waals surface area contributed by atoms with Gasteiger partial charge in [0.15, 0.2) is 0 Å². The summed E-state index contributed by atoms with van der Waals surface area (Å²) in [6.45, 7) is 5.07. The second-order valence-corrected chi connectivity index (χ2v) is 11.4. The lowest BCUT2D eigenvalue weighted by Crippen LogP contribution is -2.33. The van der Waals surface area contributed by atoms with Crippen LogP contribution >= 0.6 is 0 Å². The van der Waals surface area contributed by atoms with E-state index in [2.05, 4.69) is 48.3 Å². The van der Waals surface area contributed by atoms with Gasteiger partial charge in [-0.15, -0.1) is 0 Å². The van der Waals surface area contributed by atoms with E-state index in [1.807, 2.05) is 36.4 Å². The molecule has 3 aromatic rings. The fraction of sp³-hybridized carbons (Fsp3) is 0.310. The third-order valence-corrected chi connectivity index (χ3v) is 8.32. The minimum Gasteiger partial charge on any atom is -0.496 e. The quantitative estimate of drug-likeness (QED) is 0.419. The average molecular weight is 503 g/mol. The molecular weight excluding hydrogens is 472 g/mol. The zero-order chi connectivity index (χ0) is 25.0. The SMILES string of the molecule is COc1cc(OS(=O)C2CC2)ccc1-c1ccc2c3c1CN(c1ccccc1OC)C3=CC(C)(C)N2. The largest absolute Gasteiger partial charge is 0.496 e. The van der Waals surface area contributed by atoms with Crippen molar-refractivity contribution in [2.45, 2.75) is 44.0 Å². The van der Waals surface area contributed by atoms with Crippen LogP contribution in [0.4, 0.5) is 11.4 Å². The predicted octanol–water partition coefficient (Wildman–Crippen LogP) is 6.14. The molecule has 7 heteroatoms. The van der Waals surface area contributed by atoms with Gasteiger partial charge in [0, 0.05) is 35.1 Å². The van der Waals surface area contributed by atoms with Gasteiger partial charge in [-0.2, -0.15) is 0 Å². The van der Waals surface area contributed by atoms with Crippen LogP contribution in [-0.4, -0.2) is 29.2 Å². The molecule has 1 saturated carbocycles. The summed E-state index contributed by atoms with van der Waals surface area (Å²) in [4.78, 5) is 2.34. The summed E-state index contributed by atoms with van der Waals surface area (Å²) in [7, 11) is 3.37. The normalized spacial score (nSPS) is 18.1. The van der Waals surface area contributed by atoms with Gasteiger partial charge in [-0.25, -0.2) is 4.21 Å². The zero-order valence-electron chi connectivity index (χ0n) is 21.0. The van der Waals surface area contributed by atoms with Gasteiger partial charge in [0.05, 0.1) is 30.7 Å². The van der Waals surface area contributed by atoms with Crippen LogP contribution in [0.3, 0.4) is 0 Å². The Kier molecular flexibility index (Phi) is 5.48. The molecule has 186 valence electrons. The fourth-order valence-electron chi connectivity index (χ4n) is 5.15. The summed E-state index contributed by atoms with van der Waals surface area (Å²) in [5, 5.41) is 3.84. The minimum atomic E-state index is -1.30. The van der Waals surface area contributed by atoms with Crippen LogP contribution in [0, 0.1) is 0 Å². The highest BCUT2D eigenvalue weighted by Gasteiger charge is 2.37. The Hall–Kier alpha value is -3.45. The molecule has 0 saturated heterocycles. The monoisotopic (exact) mass is 502 g/mol. The molecule has 6 rings (SSSR count). The van der Waals surface area contributed by atoms with Gasteiger partial charge >= 0.3 is 0 Å². The third kappa shape index (κ3) is 3.91. The Labute approximate surface area is 214 Å². The Morgan fingerprint density at radius 3 is 2.47 bits per heavy atom. The van der Waals surface area contributed by atoms with Gasteiger partial charge in [0.2, 0.25) is 11.1 Å². The summed E-state index contributed by atoms with van der Waals surface area (Å²) in [6.07, 6.45) is 4.22. The molecule has 3 aliphatic rings. The van der Waals surface area contributed by atoms with Crippen molar-refractivity contribution in [3.63, 3.8) is 0 Å². The molecule has 0 amide bonds. The van der Waals surface area contributed by atoms with Crippen molar-refractivity contribution in [1.29, 1.82) is 0 Å². The predicted molar refractivity (Wildman–Crippen MR) is 145 cm³/mol. The van der Waals surface area contributed by atoms with Gasteiger partial charge in [-0.1, -0.05) is 18.2 Å². The van der Waals surface area contributed by atoms with E-state index in [-0.39, 0.29) is 10.8 Å². The molecule has 0 radical (unpaired) electrons. The summed E-state index contributed by atoms with van der Waals surface area (Å²) in [5.74, 6) is 2.10. The van der Waals surface area contributed by atoms with Crippen LogP contribution < -0.4 is 23.9 Å². The number of rotatable bonds is 7. The van der Waals surface area contributed by atoms with Crippen molar-refractivity contribution >= 4 is 28.2 Å². The number of hydrogen-bond acceptors (Lipinski definition) is 6. The van der Waals surface area contributed by atoms with Gasteiger partial charge in [0.25, 0.3) is 0 Å². The van der Waals surface area contributed by atoms with Crippen molar-refractivity contribution < 1.29 is 17.9 Å². The first-order chi connectivity index (χ1) is 17.4. The van der Waals surface area contributed by atoms with E-state index in [0.717, 1.165) is 41.1 Å². The highest BCUT2D eigenvalue weighted by Crippen LogP contribution is 2.51. The van der Waals surface area contributed by atoms with Crippen LogP contribution in [0.25, 0.3) is 16.8 Å². The molecule has 2 aliphatic heterocycles. The first kappa shape index (κ1) is 23.0. The lowest BCUT2D eigenvalue weighted by Gasteiger charge is -2.33. The molecule has 0 spiro atoms. The smallest absolute Gasteiger partial charge is 0.209 e. The van der Waals surface area contributed by atoms with E-state index < -0.39 is 11.1 Å². The Morgan fingerprint density at radius 2 is 1.72 bits per heavy atom. The summed E-state index contributed by atoms with van der Waals surface area (Å²) in [5.41, 5.74) is 7.64. The summed E-state index contributed by atoms with van der Waals surface area (Å²) in [6, 6.07) is 18.2. The van der Waals surface area contributed by atoms with E-state index in [9.17, 15) is 4.21 Å². The summed E-state index contributed by atoms with van der Waals surface area (Å²) < 4.78 is 29.5. The maximum absolute atomic E-state index is 12.3. The Morgan fingerprint density at radius 1 is 0.972 bits per heavy atom. The number of para-hydroxylation sites is 2. The van der Waals surface area contributed by atoms with E-state index in [4.69, 9.17) is 13.7 Å². The number of ether oxygens (including phenoxy) is 2. The number of anilines is 2. The number of hydrogen-bond donors (Lipinski definition) is 1. The summed E-state index contributed by atoms with van der Waals surface area (Å²) >= 11 is -1.30. The van der Waals surface area contributed by atoms with Crippen LogP contribution in [0.2, 0.25) is 0 Å². The number of benzene rings is 3. The molecular formula is C29H30N2O4S. The van der Waals surface area contributed by atoms with Crippen LogP contribution in [0.1, 0.15) is 37.8 Å². The van der Waals surface area contributed by atoms with Crippen molar-refractivity contribution in [3.05, 3.63) is 71.8 Å². The van der Waals surface area contributed by atoms with Crippen molar-refractivity contribution in [3.8, 4) is 28.4 Å². The van der Waals surface area contributed by atoms with Crippen LogP contribution in [0.5, 0.6) is 17.2 Å². The van der Waals surface area contributed by atoms with Gasteiger partial charge in [-0.3, -0.25) is 0 Å². The second kappa shape index (κ2) is 8.59. The molecule has 1 fully saturated rings. The Bertz CT molecular complexity index is 1410. The van der Waals surface area contributed by atoms with E-state index >= 15 is 0 Å². The van der Waals surface area contributed by atoms with E-state index in [0.29, 0.717) is 18.0 Å². The molecule has 1 unspecified atom stereocenters. The number of nitrogens with zero attached hydrogens (tertiary/aromatic N) is 1. The standard InChI is InChI=1S/C29H30N2O4S/c1-29(2)16-25-28-22(17-31(25)24-7-5-6-8-26(24)33-3)20(13-14-23(28)30-29)21-12-9-18(15-27(21)34-4)35-36(32)19-10-11-19/h5-9,12-16,19,30H,10-11,17H2,1-4H3. The van der Waals surface area contributed by atoms with Gasteiger partial charge < -0.3 is 23.9 Å². The van der Waals surface area contributed by atoms with Gasteiger partial charge in [0.1, 0.15) is 17.2 Å². The lowest BCUT2D eigenvalue weighted by atomic mass is 9.89. The molecule has 3 aromatic carbocycles. The van der Waals surface area contributed by atoms with E-state index in [1.165, 1.54) is 16.8 Å². The first-order valence-electron chi connectivity index (χ1n) is 12.2. The molecule has 36 heavy (non-hydrogen) atoms. The average Bonchev–Trinajstić information content (AvgIpc) is 3.66. The highest BCUT2D eigenvalue weighted by atomic mass is 32.2. The molecule has 0 aromatic heterocycles. The minimum absolute atomic E-state index is 0.153. The maximum atomic E-state index is 12.3. The van der Waals surface area contributed by atoms with Gasteiger partial charge in [-0.05, 0) is 74.2 Å². The molecule has 0 bridgehead atoms. The number of nitrogens with one attached hydrogen (secondary N) is 1. The fourth-order valence-corrected chi connectivity index (χ4v) is 6.10. The topological polar surface area (TPSA) is 60.0 Å².